The number of carbonyl (C=O) groups excluding carboxylic acids is 1. The fraction of sp³-hybridized carbons (Fsp3) is 0.533. The smallest absolute Gasteiger partial charge is 0.236 e. The molecule has 1 aromatic carbocycles. The molecule has 0 spiro atoms. The fourth-order valence-corrected chi connectivity index (χ4v) is 2.75. The summed E-state index contributed by atoms with van der Waals surface area (Å²) in [6, 6.07) is 8.69. The first kappa shape index (κ1) is 13.1. The van der Waals surface area contributed by atoms with Crippen molar-refractivity contribution in [3.05, 3.63) is 35.4 Å². The van der Waals surface area contributed by atoms with E-state index in [2.05, 4.69) is 31.2 Å². The quantitative estimate of drug-likeness (QED) is 0.871. The van der Waals surface area contributed by atoms with Crippen molar-refractivity contribution in [1.82, 2.24) is 4.90 Å². The number of hydrogen-bond acceptors (Lipinski definition) is 2. The summed E-state index contributed by atoms with van der Waals surface area (Å²) < 4.78 is 0. The van der Waals surface area contributed by atoms with Crippen LogP contribution in [0, 0.1) is 6.92 Å². The number of nitrogens with two attached hydrogens (primary N) is 1. The normalized spacial score (nSPS) is 20.6. The molecule has 2 N–H and O–H groups in total. The molecule has 0 saturated carbocycles. The summed E-state index contributed by atoms with van der Waals surface area (Å²) in [6.07, 6.45) is 4.53. The monoisotopic (exact) mass is 246 g/mol. The van der Waals surface area contributed by atoms with Gasteiger partial charge in [-0.05, 0) is 25.3 Å². The molecule has 0 bridgehead atoms. The Kier molecular flexibility index (Phi) is 4.37. The van der Waals surface area contributed by atoms with E-state index in [1.54, 1.807) is 0 Å². The zero-order valence-corrected chi connectivity index (χ0v) is 11.1. The number of benzene rings is 1. The number of aryl methyl sites for hydroxylation is 1. The molecule has 0 aromatic heterocycles. The van der Waals surface area contributed by atoms with E-state index in [0.717, 1.165) is 19.4 Å². The summed E-state index contributed by atoms with van der Waals surface area (Å²) in [5.74, 6) is 0.0726. The van der Waals surface area contributed by atoms with Crippen molar-refractivity contribution in [3.63, 3.8) is 0 Å². The fourth-order valence-electron chi connectivity index (χ4n) is 2.75. The first-order chi connectivity index (χ1) is 8.72. The average molecular weight is 246 g/mol. The second kappa shape index (κ2) is 6.01. The number of nitrogens with zero attached hydrogens (tertiary/aromatic N) is 1. The van der Waals surface area contributed by atoms with Crippen LogP contribution in [-0.4, -0.2) is 23.9 Å². The van der Waals surface area contributed by atoms with Gasteiger partial charge in [-0.1, -0.05) is 42.7 Å². The lowest BCUT2D eigenvalue weighted by molar-refractivity contribution is -0.132. The van der Waals surface area contributed by atoms with E-state index in [0.29, 0.717) is 0 Å². The van der Waals surface area contributed by atoms with Crippen LogP contribution in [0.3, 0.4) is 0 Å². The maximum Gasteiger partial charge on any atom is 0.236 e. The summed E-state index contributed by atoms with van der Waals surface area (Å²) in [6.45, 7) is 3.05. The van der Waals surface area contributed by atoms with Crippen LogP contribution in [0.4, 0.5) is 0 Å². The molecule has 3 nitrogen and oxygen atoms in total. The van der Waals surface area contributed by atoms with Crippen LogP contribution in [0.1, 0.15) is 42.9 Å². The minimum Gasteiger partial charge on any atom is -0.335 e. The molecule has 0 radical (unpaired) electrons. The summed E-state index contributed by atoms with van der Waals surface area (Å²) in [5, 5.41) is 0. The highest BCUT2D eigenvalue weighted by Gasteiger charge is 2.25. The molecule has 0 aliphatic carbocycles. The molecule has 1 aliphatic rings. The molecule has 1 saturated heterocycles. The zero-order valence-electron chi connectivity index (χ0n) is 11.1. The molecule has 1 fully saturated rings. The summed E-state index contributed by atoms with van der Waals surface area (Å²) in [4.78, 5) is 14.0. The Balaban J connectivity index is 2.27. The van der Waals surface area contributed by atoms with Crippen molar-refractivity contribution >= 4 is 5.91 Å². The van der Waals surface area contributed by atoms with Crippen LogP contribution in [0.15, 0.2) is 24.3 Å². The predicted molar refractivity (Wildman–Crippen MR) is 73.2 cm³/mol. The van der Waals surface area contributed by atoms with E-state index in [9.17, 15) is 4.79 Å². The van der Waals surface area contributed by atoms with Gasteiger partial charge < -0.3 is 10.6 Å². The summed E-state index contributed by atoms with van der Waals surface area (Å²) in [5.41, 5.74) is 8.03. The van der Waals surface area contributed by atoms with Crippen LogP contribution in [-0.2, 0) is 4.79 Å². The van der Waals surface area contributed by atoms with Gasteiger partial charge in [0.05, 0.1) is 12.6 Å². The lowest BCUT2D eigenvalue weighted by Gasteiger charge is -2.30. The molecule has 3 heteroatoms. The van der Waals surface area contributed by atoms with Gasteiger partial charge in [-0.25, -0.2) is 0 Å². The van der Waals surface area contributed by atoms with Crippen molar-refractivity contribution in [2.24, 2.45) is 5.73 Å². The maximum absolute atomic E-state index is 12.0. The lowest BCUT2D eigenvalue weighted by Crippen LogP contribution is -2.38. The van der Waals surface area contributed by atoms with Crippen LogP contribution in [0.2, 0.25) is 0 Å². The van der Waals surface area contributed by atoms with Crippen molar-refractivity contribution in [1.29, 1.82) is 0 Å². The SMILES string of the molecule is Cc1cccc(C2CCCCCN2C(=O)CN)c1. The highest BCUT2D eigenvalue weighted by Crippen LogP contribution is 2.30. The van der Waals surface area contributed by atoms with E-state index in [1.807, 2.05) is 4.90 Å². The number of carbonyl (C=O) groups is 1. The number of amides is 1. The second-order valence-corrected chi connectivity index (χ2v) is 5.07. The Morgan fingerprint density at radius 3 is 2.94 bits per heavy atom. The summed E-state index contributed by atoms with van der Waals surface area (Å²) >= 11 is 0. The van der Waals surface area contributed by atoms with Gasteiger partial charge in [0.2, 0.25) is 5.91 Å². The van der Waals surface area contributed by atoms with E-state index >= 15 is 0 Å². The minimum absolute atomic E-state index is 0.0726. The van der Waals surface area contributed by atoms with Gasteiger partial charge in [-0.3, -0.25) is 4.79 Å². The first-order valence-corrected chi connectivity index (χ1v) is 6.78. The zero-order chi connectivity index (χ0) is 13.0. The Morgan fingerprint density at radius 2 is 2.22 bits per heavy atom. The van der Waals surface area contributed by atoms with Gasteiger partial charge in [0.25, 0.3) is 0 Å². The van der Waals surface area contributed by atoms with Crippen LogP contribution in [0.5, 0.6) is 0 Å². The van der Waals surface area contributed by atoms with Gasteiger partial charge in [0.1, 0.15) is 0 Å². The average Bonchev–Trinajstić information content (AvgIpc) is 2.63. The van der Waals surface area contributed by atoms with Crippen molar-refractivity contribution < 1.29 is 4.79 Å². The van der Waals surface area contributed by atoms with E-state index < -0.39 is 0 Å². The van der Waals surface area contributed by atoms with Crippen molar-refractivity contribution in [2.75, 3.05) is 13.1 Å². The van der Waals surface area contributed by atoms with Gasteiger partial charge in [0.15, 0.2) is 0 Å². The highest BCUT2D eigenvalue weighted by atomic mass is 16.2. The van der Waals surface area contributed by atoms with Crippen LogP contribution >= 0.6 is 0 Å². The number of likely N-dealkylation sites (tertiary alicyclic amines) is 1. The van der Waals surface area contributed by atoms with Gasteiger partial charge in [-0.2, -0.15) is 0 Å². The molecule has 1 atom stereocenters. The van der Waals surface area contributed by atoms with Gasteiger partial charge >= 0.3 is 0 Å². The molecule has 1 heterocycles. The molecular weight excluding hydrogens is 224 g/mol. The Morgan fingerprint density at radius 1 is 1.39 bits per heavy atom. The molecular formula is C15H22N2O. The topological polar surface area (TPSA) is 46.3 Å². The van der Waals surface area contributed by atoms with Gasteiger partial charge in [-0.15, -0.1) is 0 Å². The van der Waals surface area contributed by atoms with Crippen LogP contribution in [0.25, 0.3) is 0 Å². The van der Waals surface area contributed by atoms with E-state index in [4.69, 9.17) is 5.73 Å². The molecule has 98 valence electrons. The number of hydrogen-bond donors (Lipinski definition) is 1. The Hall–Kier alpha value is -1.35. The Labute approximate surface area is 109 Å². The Bertz CT molecular complexity index is 417. The molecule has 1 aliphatic heterocycles. The van der Waals surface area contributed by atoms with Crippen molar-refractivity contribution in [2.45, 2.75) is 38.6 Å². The minimum atomic E-state index is 0.0726. The third-order valence-electron chi connectivity index (χ3n) is 3.67. The third-order valence-corrected chi connectivity index (χ3v) is 3.67. The molecule has 2 rings (SSSR count). The maximum atomic E-state index is 12.0. The van der Waals surface area contributed by atoms with E-state index in [-0.39, 0.29) is 18.5 Å². The molecule has 1 aromatic rings. The largest absolute Gasteiger partial charge is 0.335 e. The molecule has 1 amide bonds. The number of rotatable bonds is 2. The standard InChI is InChI=1S/C15H22N2O/c1-12-6-5-7-13(10-12)14-8-3-2-4-9-17(14)15(18)11-16/h5-7,10,14H,2-4,8-9,11,16H2,1H3. The lowest BCUT2D eigenvalue weighted by atomic mass is 9.99. The van der Waals surface area contributed by atoms with Crippen molar-refractivity contribution in [3.8, 4) is 0 Å². The first-order valence-electron chi connectivity index (χ1n) is 6.78. The van der Waals surface area contributed by atoms with Crippen LogP contribution < -0.4 is 5.73 Å². The summed E-state index contributed by atoms with van der Waals surface area (Å²) in [7, 11) is 0. The van der Waals surface area contributed by atoms with Gasteiger partial charge in [0, 0.05) is 6.54 Å². The third kappa shape index (κ3) is 2.91. The highest BCUT2D eigenvalue weighted by molar-refractivity contribution is 5.78. The molecule has 18 heavy (non-hydrogen) atoms. The predicted octanol–water partition coefficient (Wildman–Crippen LogP) is 2.40. The van der Waals surface area contributed by atoms with E-state index in [1.165, 1.54) is 24.0 Å². The molecule has 1 unspecified atom stereocenters. The second-order valence-electron chi connectivity index (χ2n) is 5.07.